The molecular formula is C20H15F3N4S. The van der Waals surface area contributed by atoms with Crippen molar-refractivity contribution in [1.29, 1.82) is 0 Å². The van der Waals surface area contributed by atoms with Crippen LogP contribution in [0.4, 0.5) is 24.7 Å². The first-order chi connectivity index (χ1) is 13.4. The van der Waals surface area contributed by atoms with Crippen molar-refractivity contribution < 1.29 is 13.2 Å². The van der Waals surface area contributed by atoms with Gasteiger partial charge in [0.05, 0.1) is 10.6 Å². The largest absolute Gasteiger partial charge is 0.416 e. The summed E-state index contributed by atoms with van der Waals surface area (Å²) >= 11 is 1.48. The van der Waals surface area contributed by atoms with Gasteiger partial charge in [-0.1, -0.05) is 35.6 Å². The molecule has 0 unspecified atom stereocenters. The second-order valence-corrected chi connectivity index (χ2v) is 7.35. The highest BCUT2D eigenvalue weighted by Gasteiger charge is 2.30. The van der Waals surface area contributed by atoms with Crippen LogP contribution in [0, 0.1) is 6.92 Å². The molecular weight excluding hydrogens is 385 g/mol. The van der Waals surface area contributed by atoms with Crippen LogP contribution in [0.1, 0.15) is 21.7 Å². The van der Waals surface area contributed by atoms with Gasteiger partial charge in [0.15, 0.2) is 5.82 Å². The molecule has 0 spiro atoms. The number of aryl methyl sites for hydroxylation is 1. The molecule has 8 heteroatoms. The van der Waals surface area contributed by atoms with Crippen LogP contribution in [0.15, 0.2) is 54.9 Å². The van der Waals surface area contributed by atoms with Crippen LogP contribution in [0.3, 0.4) is 0 Å². The van der Waals surface area contributed by atoms with Crippen LogP contribution >= 0.6 is 11.3 Å². The number of alkyl halides is 3. The maximum absolute atomic E-state index is 12.7. The molecule has 4 aromatic rings. The number of benzene rings is 2. The van der Waals surface area contributed by atoms with E-state index in [1.54, 1.807) is 0 Å². The van der Waals surface area contributed by atoms with Gasteiger partial charge >= 0.3 is 6.18 Å². The van der Waals surface area contributed by atoms with Gasteiger partial charge in [-0.2, -0.15) is 13.2 Å². The van der Waals surface area contributed by atoms with E-state index < -0.39 is 11.7 Å². The van der Waals surface area contributed by atoms with Crippen molar-refractivity contribution in [3.63, 3.8) is 0 Å². The standard InChI is InChI=1S/C20H15F3N4S/c1-12-4-2-3-5-13(12)10-16-27-17-18(24-11-25-19(17)28-16)26-15-8-6-14(7-9-15)20(21,22)23/h2-9,11H,10H2,1H3,(H,24,25,26). The summed E-state index contributed by atoms with van der Waals surface area (Å²) in [6.07, 6.45) is -2.25. The summed E-state index contributed by atoms with van der Waals surface area (Å²) in [4.78, 5) is 13.9. The number of fused-ring (bicyclic) bond motifs is 1. The maximum Gasteiger partial charge on any atom is 0.416 e. The van der Waals surface area contributed by atoms with Crippen LogP contribution in [0.25, 0.3) is 10.3 Å². The van der Waals surface area contributed by atoms with Crippen molar-refractivity contribution in [2.75, 3.05) is 5.32 Å². The number of rotatable bonds is 4. The second kappa shape index (κ2) is 7.20. The molecule has 0 aliphatic rings. The fourth-order valence-corrected chi connectivity index (χ4v) is 3.74. The van der Waals surface area contributed by atoms with Gasteiger partial charge in [0, 0.05) is 12.1 Å². The third kappa shape index (κ3) is 3.82. The summed E-state index contributed by atoms with van der Waals surface area (Å²) in [5, 5.41) is 3.94. The molecule has 0 aliphatic carbocycles. The van der Waals surface area contributed by atoms with E-state index in [-0.39, 0.29) is 0 Å². The van der Waals surface area contributed by atoms with E-state index in [0.717, 1.165) is 22.0 Å². The Morgan fingerprint density at radius 2 is 1.75 bits per heavy atom. The van der Waals surface area contributed by atoms with Crippen molar-refractivity contribution in [3.8, 4) is 0 Å². The Balaban J connectivity index is 1.61. The fourth-order valence-electron chi connectivity index (χ4n) is 2.81. The third-order valence-electron chi connectivity index (χ3n) is 4.32. The first-order valence-electron chi connectivity index (χ1n) is 8.49. The Morgan fingerprint density at radius 1 is 1.00 bits per heavy atom. The highest BCUT2D eigenvalue weighted by atomic mass is 32.1. The third-order valence-corrected chi connectivity index (χ3v) is 5.28. The molecule has 4 nitrogen and oxygen atoms in total. The highest BCUT2D eigenvalue weighted by Crippen LogP contribution is 2.32. The molecule has 0 fully saturated rings. The summed E-state index contributed by atoms with van der Waals surface area (Å²) in [7, 11) is 0. The average Bonchev–Trinajstić information content (AvgIpc) is 3.07. The maximum atomic E-state index is 12.7. The number of anilines is 2. The topological polar surface area (TPSA) is 50.7 Å². The Hall–Kier alpha value is -3.00. The summed E-state index contributed by atoms with van der Waals surface area (Å²) < 4.78 is 38.1. The van der Waals surface area contributed by atoms with E-state index in [1.165, 1.54) is 40.9 Å². The average molecular weight is 400 g/mol. The van der Waals surface area contributed by atoms with E-state index in [9.17, 15) is 13.2 Å². The van der Waals surface area contributed by atoms with E-state index >= 15 is 0 Å². The lowest BCUT2D eigenvalue weighted by molar-refractivity contribution is -0.137. The van der Waals surface area contributed by atoms with Gasteiger partial charge in [-0.25, -0.2) is 15.0 Å². The summed E-state index contributed by atoms with van der Waals surface area (Å²) in [5.74, 6) is 0.469. The SMILES string of the molecule is Cc1ccccc1Cc1nc2c(Nc3ccc(C(F)(F)F)cc3)ncnc2s1. The smallest absolute Gasteiger partial charge is 0.338 e. The minimum atomic E-state index is -4.36. The van der Waals surface area contributed by atoms with Crippen molar-refractivity contribution in [2.24, 2.45) is 0 Å². The number of hydrogen-bond donors (Lipinski definition) is 1. The Morgan fingerprint density at radius 3 is 2.46 bits per heavy atom. The predicted octanol–water partition coefficient (Wildman–Crippen LogP) is 5.75. The van der Waals surface area contributed by atoms with Gasteiger partial charge < -0.3 is 5.32 Å². The molecule has 2 aromatic heterocycles. The molecule has 0 bridgehead atoms. The lowest BCUT2D eigenvalue weighted by atomic mass is 10.1. The molecule has 2 aromatic carbocycles. The van der Waals surface area contributed by atoms with Crippen LogP contribution < -0.4 is 5.32 Å². The summed E-state index contributed by atoms with van der Waals surface area (Å²) in [6, 6.07) is 12.9. The molecule has 0 radical (unpaired) electrons. The van der Waals surface area contributed by atoms with E-state index in [0.29, 0.717) is 23.4 Å². The molecule has 0 saturated carbocycles. The van der Waals surface area contributed by atoms with Crippen molar-refractivity contribution >= 4 is 33.2 Å². The molecule has 142 valence electrons. The Labute approximate surface area is 163 Å². The zero-order valence-electron chi connectivity index (χ0n) is 14.8. The molecule has 2 heterocycles. The first-order valence-corrected chi connectivity index (χ1v) is 9.31. The molecule has 0 aliphatic heterocycles. The highest BCUT2D eigenvalue weighted by molar-refractivity contribution is 7.18. The Kier molecular flexibility index (Phi) is 4.72. The quantitative estimate of drug-likeness (QED) is 0.474. The van der Waals surface area contributed by atoms with Crippen LogP contribution in [-0.4, -0.2) is 15.0 Å². The molecule has 4 rings (SSSR count). The summed E-state index contributed by atoms with van der Waals surface area (Å²) in [5.41, 5.74) is 2.79. The van der Waals surface area contributed by atoms with E-state index in [4.69, 9.17) is 0 Å². The summed E-state index contributed by atoms with van der Waals surface area (Å²) in [6.45, 7) is 2.06. The van der Waals surface area contributed by atoms with Gasteiger partial charge in [0.2, 0.25) is 0 Å². The zero-order chi connectivity index (χ0) is 19.7. The van der Waals surface area contributed by atoms with Crippen LogP contribution in [0.5, 0.6) is 0 Å². The first kappa shape index (κ1) is 18.4. The van der Waals surface area contributed by atoms with Crippen LogP contribution in [0.2, 0.25) is 0 Å². The minimum absolute atomic E-state index is 0.469. The molecule has 28 heavy (non-hydrogen) atoms. The number of thiazole rings is 1. The number of nitrogens with zero attached hydrogens (tertiary/aromatic N) is 3. The van der Waals surface area contributed by atoms with E-state index in [2.05, 4.69) is 39.3 Å². The molecule has 0 amide bonds. The normalized spacial score (nSPS) is 11.7. The monoisotopic (exact) mass is 400 g/mol. The lowest BCUT2D eigenvalue weighted by Crippen LogP contribution is -2.04. The minimum Gasteiger partial charge on any atom is -0.338 e. The molecule has 0 saturated heterocycles. The van der Waals surface area contributed by atoms with Gasteiger partial charge in [-0.3, -0.25) is 0 Å². The van der Waals surface area contributed by atoms with Gasteiger partial charge in [0.1, 0.15) is 16.7 Å². The van der Waals surface area contributed by atoms with E-state index in [1.807, 2.05) is 12.1 Å². The zero-order valence-corrected chi connectivity index (χ0v) is 15.6. The predicted molar refractivity (Wildman–Crippen MR) is 104 cm³/mol. The number of aromatic nitrogens is 3. The number of halogens is 3. The van der Waals surface area contributed by atoms with Gasteiger partial charge in [0.25, 0.3) is 0 Å². The number of nitrogens with one attached hydrogen (secondary N) is 1. The molecule has 0 atom stereocenters. The number of hydrogen-bond acceptors (Lipinski definition) is 5. The fraction of sp³-hybridized carbons (Fsp3) is 0.150. The van der Waals surface area contributed by atoms with Gasteiger partial charge in [-0.15, -0.1) is 0 Å². The van der Waals surface area contributed by atoms with Crippen molar-refractivity contribution in [1.82, 2.24) is 15.0 Å². The molecule has 1 N–H and O–H groups in total. The second-order valence-electron chi connectivity index (χ2n) is 6.29. The van der Waals surface area contributed by atoms with Gasteiger partial charge in [-0.05, 0) is 42.3 Å². The van der Waals surface area contributed by atoms with Crippen LogP contribution in [-0.2, 0) is 12.6 Å². The van der Waals surface area contributed by atoms with Crippen molar-refractivity contribution in [2.45, 2.75) is 19.5 Å². The lowest BCUT2D eigenvalue weighted by Gasteiger charge is -2.09. The Bertz CT molecular complexity index is 1120. The van der Waals surface area contributed by atoms with Crippen molar-refractivity contribution in [3.05, 3.63) is 76.6 Å².